The molecule has 0 amide bonds. The molecule has 0 saturated carbocycles. The number of nitrogens with one attached hydrogen (secondary N) is 1. The van der Waals surface area contributed by atoms with Crippen LogP contribution in [0, 0.1) is 0 Å². The lowest BCUT2D eigenvalue weighted by molar-refractivity contribution is 0.171. The molecule has 0 fully saturated rings. The van der Waals surface area contributed by atoms with Gasteiger partial charge in [-0.3, -0.25) is 0 Å². The number of hydrogen-bond acceptors (Lipinski definition) is 4. The monoisotopic (exact) mass is 279 g/mol. The van der Waals surface area contributed by atoms with Gasteiger partial charge in [-0.2, -0.15) is 0 Å². The van der Waals surface area contributed by atoms with Crippen molar-refractivity contribution < 1.29 is 13.9 Å². The fraction of sp³-hybridized carbons (Fsp3) is 0.286. The van der Waals surface area contributed by atoms with Crippen molar-refractivity contribution in [2.24, 2.45) is 0 Å². The van der Waals surface area contributed by atoms with Gasteiger partial charge in [0.1, 0.15) is 19.0 Å². The third kappa shape index (κ3) is 2.85. The quantitative estimate of drug-likeness (QED) is 0.934. The van der Waals surface area contributed by atoms with Crippen LogP contribution in [0.3, 0.4) is 0 Å². The molecule has 19 heavy (non-hydrogen) atoms. The fourth-order valence-electron chi connectivity index (χ4n) is 2.01. The topological polar surface area (TPSA) is 43.6 Å². The van der Waals surface area contributed by atoms with E-state index in [1.165, 1.54) is 0 Å². The molecule has 2 heterocycles. The van der Waals surface area contributed by atoms with Crippen LogP contribution in [0.4, 0.5) is 0 Å². The average Bonchev–Trinajstić information content (AvgIpc) is 2.92. The Bertz CT molecular complexity index is 554. The van der Waals surface area contributed by atoms with Crippen molar-refractivity contribution >= 4 is 11.6 Å². The molecule has 0 bridgehead atoms. The number of ether oxygens (including phenoxy) is 2. The van der Waals surface area contributed by atoms with Crippen molar-refractivity contribution in [1.29, 1.82) is 0 Å². The second kappa shape index (κ2) is 5.55. The van der Waals surface area contributed by atoms with E-state index in [0.29, 0.717) is 42.8 Å². The van der Waals surface area contributed by atoms with Crippen molar-refractivity contribution in [2.75, 3.05) is 13.2 Å². The zero-order valence-electron chi connectivity index (χ0n) is 10.3. The number of fused-ring (bicyclic) bond motifs is 1. The van der Waals surface area contributed by atoms with E-state index in [0.717, 1.165) is 11.3 Å². The molecular formula is C14H14ClNO3. The van der Waals surface area contributed by atoms with E-state index in [4.69, 9.17) is 25.5 Å². The van der Waals surface area contributed by atoms with E-state index >= 15 is 0 Å². The van der Waals surface area contributed by atoms with Gasteiger partial charge in [-0.15, -0.1) is 0 Å². The van der Waals surface area contributed by atoms with Gasteiger partial charge in [-0.05, 0) is 29.8 Å². The Labute approximate surface area is 116 Å². The van der Waals surface area contributed by atoms with Crippen molar-refractivity contribution in [1.82, 2.24) is 5.32 Å². The minimum Gasteiger partial charge on any atom is -0.486 e. The Hall–Kier alpha value is -1.65. The van der Waals surface area contributed by atoms with Gasteiger partial charge < -0.3 is 19.2 Å². The van der Waals surface area contributed by atoms with Gasteiger partial charge in [0.25, 0.3) is 0 Å². The second-order valence-electron chi connectivity index (χ2n) is 4.28. The summed E-state index contributed by atoms with van der Waals surface area (Å²) in [7, 11) is 0. The lowest BCUT2D eigenvalue weighted by Gasteiger charge is -2.20. The second-order valence-corrected chi connectivity index (χ2v) is 4.69. The number of hydrogen-bond donors (Lipinski definition) is 1. The smallest absolute Gasteiger partial charge is 0.179 e. The molecule has 1 aliphatic heterocycles. The van der Waals surface area contributed by atoms with Gasteiger partial charge in [-0.1, -0.05) is 11.6 Å². The first-order valence-electron chi connectivity index (χ1n) is 6.14. The van der Waals surface area contributed by atoms with Crippen molar-refractivity contribution in [2.45, 2.75) is 13.1 Å². The summed E-state index contributed by atoms with van der Waals surface area (Å²) in [6.07, 6.45) is 1.66. The standard InChI is InChI=1S/C14H14ClNO3/c15-12-6-10(7-13-14(12)19-5-4-18-13)8-16-9-11-2-1-3-17-11/h1-3,6-7,16H,4-5,8-9H2. The van der Waals surface area contributed by atoms with E-state index < -0.39 is 0 Å². The molecule has 4 nitrogen and oxygen atoms in total. The molecule has 3 rings (SSSR count). The number of benzene rings is 1. The Balaban J connectivity index is 1.66. The highest BCUT2D eigenvalue weighted by molar-refractivity contribution is 6.32. The van der Waals surface area contributed by atoms with Gasteiger partial charge >= 0.3 is 0 Å². The molecular weight excluding hydrogens is 266 g/mol. The lowest BCUT2D eigenvalue weighted by Crippen LogP contribution is -2.17. The third-order valence-electron chi connectivity index (χ3n) is 2.87. The Morgan fingerprint density at radius 3 is 2.89 bits per heavy atom. The van der Waals surface area contributed by atoms with Crippen molar-refractivity contribution in [3.05, 3.63) is 46.9 Å². The summed E-state index contributed by atoms with van der Waals surface area (Å²) in [6.45, 7) is 2.48. The van der Waals surface area contributed by atoms with Crippen LogP contribution in [0.2, 0.25) is 5.02 Å². The molecule has 0 spiro atoms. The van der Waals surface area contributed by atoms with Gasteiger partial charge in [0.2, 0.25) is 0 Å². The van der Waals surface area contributed by atoms with Gasteiger partial charge in [0.05, 0.1) is 17.8 Å². The van der Waals surface area contributed by atoms with Crippen LogP contribution in [-0.2, 0) is 13.1 Å². The first-order valence-corrected chi connectivity index (χ1v) is 6.52. The minimum absolute atomic E-state index is 0.544. The molecule has 2 aromatic rings. The lowest BCUT2D eigenvalue weighted by atomic mass is 10.2. The molecule has 0 aliphatic carbocycles. The predicted molar refractivity (Wildman–Crippen MR) is 71.7 cm³/mol. The predicted octanol–water partition coefficient (Wildman–Crippen LogP) is 2.99. The first kappa shape index (κ1) is 12.4. The largest absolute Gasteiger partial charge is 0.486 e. The number of rotatable bonds is 4. The first-order chi connectivity index (χ1) is 9.33. The van der Waals surface area contributed by atoms with E-state index in [9.17, 15) is 0 Å². The maximum atomic E-state index is 6.17. The molecule has 1 aromatic heterocycles. The Morgan fingerprint density at radius 2 is 2.05 bits per heavy atom. The third-order valence-corrected chi connectivity index (χ3v) is 3.15. The number of furan rings is 1. The zero-order chi connectivity index (χ0) is 13.1. The molecule has 1 N–H and O–H groups in total. The van der Waals surface area contributed by atoms with Crippen molar-refractivity contribution in [3.8, 4) is 11.5 Å². The fourth-order valence-corrected chi connectivity index (χ4v) is 2.30. The van der Waals surface area contributed by atoms with Gasteiger partial charge in [0.15, 0.2) is 11.5 Å². The Kier molecular flexibility index (Phi) is 3.62. The van der Waals surface area contributed by atoms with Crippen LogP contribution in [0.15, 0.2) is 34.9 Å². The summed E-state index contributed by atoms with van der Waals surface area (Å²) in [5, 5.41) is 3.88. The summed E-state index contributed by atoms with van der Waals surface area (Å²) < 4.78 is 16.3. The van der Waals surface area contributed by atoms with E-state index in [1.54, 1.807) is 6.26 Å². The Morgan fingerprint density at radius 1 is 1.16 bits per heavy atom. The molecule has 0 saturated heterocycles. The van der Waals surface area contributed by atoms with E-state index in [-0.39, 0.29) is 0 Å². The van der Waals surface area contributed by atoms with E-state index in [1.807, 2.05) is 24.3 Å². The van der Waals surface area contributed by atoms with Crippen LogP contribution in [-0.4, -0.2) is 13.2 Å². The highest BCUT2D eigenvalue weighted by atomic mass is 35.5. The van der Waals surface area contributed by atoms with Crippen molar-refractivity contribution in [3.63, 3.8) is 0 Å². The molecule has 100 valence electrons. The highest BCUT2D eigenvalue weighted by Gasteiger charge is 2.16. The minimum atomic E-state index is 0.544. The molecule has 5 heteroatoms. The van der Waals surface area contributed by atoms with Crippen LogP contribution in [0.5, 0.6) is 11.5 Å². The maximum absolute atomic E-state index is 6.17. The molecule has 0 atom stereocenters. The van der Waals surface area contributed by atoms with Gasteiger partial charge in [-0.25, -0.2) is 0 Å². The van der Waals surface area contributed by atoms with Crippen LogP contribution in [0.1, 0.15) is 11.3 Å². The summed E-state index contributed by atoms with van der Waals surface area (Å²) >= 11 is 6.17. The highest BCUT2D eigenvalue weighted by Crippen LogP contribution is 2.38. The zero-order valence-corrected chi connectivity index (χ0v) is 11.1. The maximum Gasteiger partial charge on any atom is 0.179 e. The SMILES string of the molecule is Clc1cc(CNCc2ccco2)cc2c1OCCO2. The molecule has 1 aliphatic rings. The average molecular weight is 280 g/mol. The normalized spacial score (nSPS) is 13.5. The summed E-state index contributed by atoms with van der Waals surface area (Å²) in [4.78, 5) is 0. The molecule has 1 aromatic carbocycles. The van der Waals surface area contributed by atoms with Crippen LogP contribution in [0.25, 0.3) is 0 Å². The van der Waals surface area contributed by atoms with E-state index in [2.05, 4.69) is 5.32 Å². The summed E-state index contributed by atoms with van der Waals surface area (Å²) in [5.41, 5.74) is 1.06. The molecule has 0 radical (unpaired) electrons. The number of halogens is 1. The van der Waals surface area contributed by atoms with Crippen LogP contribution >= 0.6 is 11.6 Å². The van der Waals surface area contributed by atoms with Gasteiger partial charge in [0, 0.05) is 6.54 Å². The van der Waals surface area contributed by atoms with Crippen LogP contribution < -0.4 is 14.8 Å². The molecule has 0 unspecified atom stereocenters. The summed E-state index contributed by atoms with van der Waals surface area (Å²) in [5.74, 6) is 2.26. The summed E-state index contributed by atoms with van der Waals surface area (Å²) in [6, 6.07) is 7.65.